The minimum absolute atomic E-state index is 0.563. The van der Waals surface area contributed by atoms with E-state index in [-0.39, 0.29) is 0 Å². The Morgan fingerprint density at radius 3 is 2.79 bits per heavy atom. The zero-order chi connectivity index (χ0) is 12.9. The van der Waals surface area contributed by atoms with Gasteiger partial charge in [0, 0.05) is 17.8 Å². The monoisotopic (exact) mass is 255 g/mol. The Labute approximate surface area is 112 Å². The van der Waals surface area contributed by atoms with Gasteiger partial charge in [0.25, 0.3) is 0 Å². The molecule has 1 aliphatic heterocycles. The molecule has 0 spiro atoms. The van der Waals surface area contributed by atoms with Crippen molar-refractivity contribution in [2.75, 3.05) is 18.4 Å². The second-order valence-corrected chi connectivity index (χ2v) is 4.69. The van der Waals surface area contributed by atoms with Crippen molar-refractivity contribution in [3.05, 3.63) is 42.5 Å². The van der Waals surface area contributed by atoms with Gasteiger partial charge in [0.15, 0.2) is 0 Å². The average Bonchev–Trinajstić information content (AvgIpc) is 2.49. The van der Waals surface area contributed by atoms with E-state index in [0.29, 0.717) is 5.92 Å². The van der Waals surface area contributed by atoms with E-state index in [1.54, 1.807) is 6.20 Å². The van der Waals surface area contributed by atoms with Crippen LogP contribution in [0.5, 0.6) is 0 Å². The first-order valence-corrected chi connectivity index (χ1v) is 6.62. The first kappa shape index (κ1) is 12.0. The van der Waals surface area contributed by atoms with Crippen LogP contribution >= 0.6 is 0 Å². The Kier molecular flexibility index (Phi) is 3.65. The molecule has 0 amide bonds. The fraction of sp³-hybridized carbons (Fsp3) is 0.357. The van der Waals surface area contributed by atoms with Crippen LogP contribution < -0.4 is 10.6 Å². The molecule has 0 unspecified atom stereocenters. The van der Waals surface area contributed by atoms with Crippen molar-refractivity contribution < 1.29 is 0 Å². The van der Waals surface area contributed by atoms with Crippen LogP contribution in [0.15, 0.2) is 36.8 Å². The third-order valence-electron chi connectivity index (χ3n) is 3.37. The molecule has 0 radical (unpaired) electrons. The van der Waals surface area contributed by atoms with Gasteiger partial charge in [0.2, 0.25) is 0 Å². The van der Waals surface area contributed by atoms with Crippen LogP contribution in [0.4, 0.5) is 11.6 Å². The third kappa shape index (κ3) is 3.06. The molecule has 2 aromatic rings. The van der Waals surface area contributed by atoms with Crippen molar-refractivity contribution in [1.29, 1.82) is 0 Å². The van der Waals surface area contributed by atoms with Gasteiger partial charge in [-0.05, 0) is 44.1 Å². The number of piperidine rings is 1. The summed E-state index contributed by atoms with van der Waals surface area (Å²) in [6.45, 7) is 2.16. The normalized spacial score (nSPS) is 16.2. The number of pyridine rings is 1. The molecule has 2 N–H and O–H groups in total. The van der Waals surface area contributed by atoms with Gasteiger partial charge in [-0.1, -0.05) is 6.07 Å². The summed E-state index contributed by atoms with van der Waals surface area (Å²) in [6.07, 6.45) is 5.55. The Bertz CT molecular complexity index is 522. The molecule has 3 rings (SSSR count). The molecule has 98 valence electrons. The fourth-order valence-electron chi connectivity index (χ4n) is 2.36. The van der Waals surface area contributed by atoms with E-state index in [1.165, 1.54) is 12.0 Å². The lowest BCUT2D eigenvalue weighted by atomic mass is 9.94. The van der Waals surface area contributed by atoms with Crippen LogP contribution in [0.2, 0.25) is 0 Å². The maximum Gasteiger partial charge on any atom is 0.134 e. The quantitative estimate of drug-likeness (QED) is 0.879. The molecule has 1 fully saturated rings. The SMILES string of the molecule is c1cc(Nc2ccncn2)nc(C2CCNCC2)c1. The van der Waals surface area contributed by atoms with E-state index >= 15 is 0 Å². The molecule has 19 heavy (non-hydrogen) atoms. The highest BCUT2D eigenvalue weighted by Gasteiger charge is 2.16. The van der Waals surface area contributed by atoms with E-state index < -0.39 is 0 Å². The highest BCUT2D eigenvalue weighted by molar-refractivity contribution is 5.50. The van der Waals surface area contributed by atoms with E-state index in [0.717, 1.165) is 37.6 Å². The van der Waals surface area contributed by atoms with Crippen molar-refractivity contribution in [3.63, 3.8) is 0 Å². The number of aromatic nitrogens is 3. The van der Waals surface area contributed by atoms with Crippen LogP contribution in [0.3, 0.4) is 0 Å². The van der Waals surface area contributed by atoms with E-state index in [4.69, 9.17) is 4.98 Å². The van der Waals surface area contributed by atoms with E-state index in [9.17, 15) is 0 Å². The molecular weight excluding hydrogens is 238 g/mol. The zero-order valence-corrected chi connectivity index (χ0v) is 10.7. The summed E-state index contributed by atoms with van der Waals surface area (Å²) in [4.78, 5) is 12.7. The van der Waals surface area contributed by atoms with Crippen molar-refractivity contribution >= 4 is 11.6 Å². The predicted octanol–water partition coefficient (Wildman–Crippen LogP) is 2.08. The molecule has 0 aliphatic carbocycles. The summed E-state index contributed by atoms with van der Waals surface area (Å²) in [6, 6.07) is 7.96. The summed E-state index contributed by atoms with van der Waals surface area (Å²) < 4.78 is 0. The van der Waals surface area contributed by atoms with Gasteiger partial charge in [0.1, 0.15) is 18.0 Å². The molecule has 0 aromatic carbocycles. The molecule has 2 aromatic heterocycles. The minimum atomic E-state index is 0.563. The van der Waals surface area contributed by atoms with Crippen LogP contribution in [0.1, 0.15) is 24.5 Å². The number of hydrogen-bond donors (Lipinski definition) is 2. The number of hydrogen-bond acceptors (Lipinski definition) is 5. The van der Waals surface area contributed by atoms with Crippen LogP contribution in [0.25, 0.3) is 0 Å². The molecule has 3 heterocycles. The molecule has 1 aliphatic rings. The highest BCUT2D eigenvalue weighted by Crippen LogP contribution is 2.24. The van der Waals surface area contributed by atoms with Crippen LogP contribution in [-0.2, 0) is 0 Å². The summed E-state index contributed by atoms with van der Waals surface area (Å²) in [5.41, 5.74) is 1.17. The van der Waals surface area contributed by atoms with Crippen molar-refractivity contribution in [1.82, 2.24) is 20.3 Å². The average molecular weight is 255 g/mol. The summed E-state index contributed by atoms with van der Waals surface area (Å²) in [5, 5.41) is 6.58. The standard InChI is InChI=1S/C14H17N5/c1-2-12(11-4-7-15-8-5-11)18-14(3-1)19-13-6-9-16-10-17-13/h1-3,6,9-11,15H,4-5,7-8H2,(H,16,17,18,19). The maximum atomic E-state index is 4.69. The Balaban J connectivity index is 1.76. The van der Waals surface area contributed by atoms with Crippen molar-refractivity contribution in [2.24, 2.45) is 0 Å². The van der Waals surface area contributed by atoms with Gasteiger partial charge in [-0.2, -0.15) is 0 Å². The van der Waals surface area contributed by atoms with E-state index in [1.807, 2.05) is 18.2 Å². The Morgan fingerprint density at radius 1 is 1.11 bits per heavy atom. The molecule has 5 nitrogen and oxygen atoms in total. The van der Waals surface area contributed by atoms with Crippen LogP contribution in [0, 0.1) is 0 Å². The van der Waals surface area contributed by atoms with Gasteiger partial charge < -0.3 is 10.6 Å². The molecule has 1 saturated heterocycles. The first-order chi connectivity index (χ1) is 9.42. The van der Waals surface area contributed by atoms with Crippen molar-refractivity contribution in [2.45, 2.75) is 18.8 Å². The number of nitrogens with zero attached hydrogens (tertiary/aromatic N) is 3. The topological polar surface area (TPSA) is 62.7 Å². The summed E-state index contributed by atoms with van der Waals surface area (Å²) in [7, 11) is 0. The molecular formula is C14H17N5. The lowest BCUT2D eigenvalue weighted by molar-refractivity contribution is 0.453. The van der Waals surface area contributed by atoms with Crippen LogP contribution in [-0.4, -0.2) is 28.0 Å². The lowest BCUT2D eigenvalue weighted by Crippen LogP contribution is -2.27. The van der Waals surface area contributed by atoms with Gasteiger partial charge >= 0.3 is 0 Å². The molecule has 0 atom stereocenters. The molecule has 0 bridgehead atoms. The summed E-state index contributed by atoms with van der Waals surface area (Å²) in [5.74, 6) is 2.17. The second kappa shape index (κ2) is 5.75. The maximum absolute atomic E-state index is 4.69. The number of rotatable bonds is 3. The largest absolute Gasteiger partial charge is 0.325 e. The van der Waals surface area contributed by atoms with Gasteiger partial charge in [-0.15, -0.1) is 0 Å². The predicted molar refractivity (Wildman–Crippen MR) is 74.4 cm³/mol. The molecule has 0 saturated carbocycles. The van der Waals surface area contributed by atoms with E-state index in [2.05, 4.69) is 26.7 Å². The first-order valence-electron chi connectivity index (χ1n) is 6.62. The third-order valence-corrected chi connectivity index (χ3v) is 3.37. The fourth-order valence-corrected chi connectivity index (χ4v) is 2.36. The Morgan fingerprint density at radius 2 is 2.00 bits per heavy atom. The van der Waals surface area contributed by atoms with Crippen molar-refractivity contribution in [3.8, 4) is 0 Å². The van der Waals surface area contributed by atoms with Gasteiger partial charge in [0.05, 0.1) is 0 Å². The van der Waals surface area contributed by atoms with Gasteiger partial charge in [-0.25, -0.2) is 15.0 Å². The highest BCUT2D eigenvalue weighted by atomic mass is 15.1. The zero-order valence-electron chi connectivity index (χ0n) is 10.7. The minimum Gasteiger partial charge on any atom is -0.325 e. The number of nitrogens with one attached hydrogen (secondary N) is 2. The lowest BCUT2D eigenvalue weighted by Gasteiger charge is -2.22. The Hall–Kier alpha value is -2.01. The number of anilines is 2. The second-order valence-electron chi connectivity index (χ2n) is 4.69. The molecule has 5 heteroatoms. The smallest absolute Gasteiger partial charge is 0.134 e. The summed E-state index contributed by atoms with van der Waals surface area (Å²) >= 11 is 0. The van der Waals surface area contributed by atoms with Gasteiger partial charge in [-0.3, -0.25) is 0 Å².